The third kappa shape index (κ3) is 77.3. The summed E-state index contributed by atoms with van der Waals surface area (Å²) in [6.07, 6.45) is 9.64. The molecule has 10 heteroatoms. The molecule has 140 valence electrons. The van der Waals surface area contributed by atoms with E-state index in [0.717, 1.165) is 12.8 Å². The number of carbonyl (C=O) groups is 2. The Morgan fingerprint density at radius 3 is 1.26 bits per heavy atom. The van der Waals surface area contributed by atoms with Crippen molar-refractivity contribution < 1.29 is 42.4 Å². The molecule has 0 aromatic rings. The first kappa shape index (κ1) is 26.5. The first-order chi connectivity index (χ1) is 10.5. The summed E-state index contributed by atoms with van der Waals surface area (Å²) >= 11 is 0. The van der Waals surface area contributed by atoms with Crippen molar-refractivity contribution in [2.45, 2.75) is 71.1 Å². The highest BCUT2D eigenvalue weighted by molar-refractivity contribution is 7.79. The maximum Gasteiger partial charge on any atom is 0.503 e. The number of hydrogen-bond acceptors (Lipinski definition) is 4. The Hall–Kier alpha value is -1.39. The van der Waals surface area contributed by atoms with Crippen molar-refractivity contribution in [3.8, 4) is 0 Å². The number of hydrogen-bond donors (Lipinski definition) is 5. The average molecular weight is 360 g/mol. The lowest BCUT2D eigenvalue weighted by atomic mass is 10.1. The van der Waals surface area contributed by atoms with Gasteiger partial charge in [0.2, 0.25) is 0 Å². The molecule has 5 N–H and O–H groups in total. The molecule has 0 aliphatic carbocycles. The molecule has 23 heavy (non-hydrogen) atoms. The summed E-state index contributed by atoms with van der Waals surface area (Å²) in [5.41, 5.74) is 0. The maximum absolute atomic E-state index is 10.2. The monoisotopic (exact) mass is 360 g/mol. The summed E-state index contributed by atoms with van der Waals surface area (Å²) in [4.78, 5) is 18.8. The molecular formula is C13H28O9S. The fourth-order valence-electron chi connectivity index (χ4n) is 1.59. The molecule has 0 fully saturated rings. The molecule has 0 saturated carbocycles. The predicted octanol–water partition coefficient (Wildman–Crippen LogP) is 3.56. The van der Waals surface area contributed by atoms with Crippen LogP contribution in [0, 0.1) is 0 Å². The minimum Gasteiger partial charge on any atom is -0.481 e. The van der Waals surface area contributed by atoms with Gasteiger partial charge < -0.3 is 15.3 Å². The molecule has 0 radical (unpaired) electrons. The molecule has 0 amide bonds. The van der Waals surface area contributed by atoms with E-state index < -0.39 is 22.5 Å². The quantitative estimate of drug-likeness (QED) is 0.288. The lowest BCUT2D eigenvalue weighted by Gasteiger charge is -2.00. The molecule has 0 rings (SSSR count). The van der Waals surface area contributed by atoms with Crippen LogP contribution in [0.3, 0.4) is 0 Å². The van der Waals surface area contributed by atoms with Gasteiger partial charge in [-0.2, -0.15) is 8.42 Å². The Labute approximate surface area is 136 Å². The third-order valence-electron chi connectivity index (χ3n) is 2.49. The van der Waals surface area contributed by atoms with Crippen LogP contribution in [-0.4, -0.2) is 45.0 Å². The Morgan fingerprint density at radius 1 is 0.739 bits per heavy atom. The van der Waals surface area contributed by atoms with E-state index in [4.69, 9.17) is 37.6 Å². The van der Waals surface area contributed by atoms with Crippen LogP contribution in [0.15, 0.2) is 0 Å². The Balaban J connectivity index is -0.000000365. The first-order valence-corrected chi connectivity index (χ1v) is 8.74. The van der Waals surface area contributed by atoms with Crippen LogP contribution in [0.5, 0.6) is 0 Å². The van der Waals surface area contributed by atoms with E-state index in [9.17, 15) is 4.79 Å². The molecular weight excluding hydrogens is 332 g/mol. The lowest BCUT2D eigenvalue weighted by molar-refractivity contribution is -0.137. The molecule has 0 atom stereocenters. The van der Waals surface area contributed by atoms with Gasteiger partial charge in [-0.3, -0.25) is 13.9 Å². The smallest absolute Gasteiger partial charge is 0.481 e. The maximum atomic E-state index is 10.2. The second kappa shape index (κ2) is 18.7. The second-order valence-corrected chi connectivity index (χ2v) is 5.60. The van der Waals surface area contributed by atoms with Crippen molar-refractivity contribution in [1.29, 1.82) is 0 Å². The van der Waals surface area contributed by atoms with Crippen LogP contribution in [0.25, 0.3) is 0 Å². The van der Waals surface area contributed by atoms with Gasteiger partial charge in [0.15, 0.2) is 0 Å². The van der Waals surface area contributed by atoms with Crippen molar-refractivity contribution in [1.82, 2.24) is 0 Å². The Bertz CT molecular complexity index is 367. The molecule has 0 aliphatic heterocycles. The van der Waals surface area contributed by atoms with Gasteiger partial charge in [-0.05, 0) is 6.42 Å². The van der Waals surface area contributed by atoms with Gasteiger partial charge in [0.25, 0.3) is 0 Å². The number of carboxylic acids is 1. The van der Waals surface area contributed by atoms with E-state index >= 15 is 0 Å². The molecule has 0 bridgehead atoms. The number of rotatable bonds is 10. The van der Waals surface area contributed by atoms with Crippen LogP contribution >= 0.6 is 0 Å². The largest absolute Gasteiger partial charge is 0.503 e. The molecule has 0 aliphatic rings. The van der Waals surface area contributed by atoms with E-state index in [-0.39, 0.29) is 0 Å². The van der Waals surface area contributed by atoms with Gasteiger partial charge in [-0.1, -0.05) is 58.3 Å². The van der Waals surface area contributed by atoms with E-state index in [1.54, 1.807) is 0 Å². The summed E-state index contributed by atoms with van der Waals surface area (Å²) < 4.78 is 31.6. The molecule has 0 heterocycles. The van der Waals surface area contributed by atoms with Crippen LogP contribution in [0.2, 0.25) is 0 Å². The molecule has 0 aromatic carbocycles. The molecule has 0 unspecified atom stereocenters. The molecule has 0 saturated heterocycles. The molecule has 9 nitrogen and oxygen atoms in total. The zero-order chi connectivity index (χ0) is 18.7. The first-order valence-electron chi connectivity index (χ1n) is 7.34. The Kier molecular flexibility index (Phi) is 21.5. The second-order valence-electron chi connectivity index (χ2n) is 4.70. The topological polar surface area (TPSA) is 169 Å². The highest BCUT2D eigenvalue weighted by Crippen LogP contribution is 2.10. The van der Waals surface area contributed by atoms with Gasteiger partial charge in [0.1, 0.15) is 0 Å². The standard InChI is InChI=1S/C12H24O2.CH2O3.H2O4S/c1-2-3-4-5-6-7-8-9-10-11-12(13)14;2-1(3)4;1-5(2,3)4/h2-11H2,1H3,(H,13,14);(H2,2,3,4);(H2,1,2,3,4). The van der Waals surface area contributed by atoms with Crippen molar-refractivity contribution >= 4 is 22.5 Å². The zero-order valence-corrected chi connectivity index (χ0v) is 14.2. The average Bonchev–Trinajstić information content (AvgIpc) is 2.34. The molecule has 0 aromatic heterocycles. The summed E-state index contributed by atoms with van der Waals surface area (Å²) in [6, 6.07) is 0. The van der Waals surface area contributed by atoms with Crippen molar-refractivity contribution in [3.63, 3.8) is 0 Å². The Morgan fingerprint density at radius 2 is 1.00 bits per heavy atom. The van der Waals surface area contributed by atoms with Gasteiger partial charge in [-0.25, -0.2) is 4.79 Å². The van der Waals surface area contributed by atoms with Crippen molar-refractivity contribution in [3.05, 3.63) is 0 Å². The van der Waals surface area contributed by atoms with Gasteiger partial charge >= 0.3 is 22.5 Å². The van der Waals surface area contributed by atoms with Crippen LogP contribution in [0.4, 0.5) is 4.79 Å². The summed E-state index contributed by atoms with van der Waals surface area (Å²) in [5.74, 6) is -0.659. The highest BCUT2D eigenvalue weighted by Gasteiger charge is 1.96. The minimum absolute atomic E-state index is 0.343. The van der Waals surface area contributed by atoms with Crippen LogP contribution < -0.4 is 0 Å². The number of aliphatic carboxylic acids is 1. The number of unbranched alkanes of at least 4 members (excludes halogenated alkanes) is 8. The fraction of sp³-hybridized carbons (Fsp3) is 0.846. The van der Waals surface area contributed by atoms with Crippen LogP contribution in [-0.2, 0) is 15.2 Å². The third-order valence-corrected chi connectivity index (χ3v) is 2.49. The summed E-state index contributed by atoms with van der Waals surface area (Å²) in [7, 11) is -4.67. The van der Waals surface area contributed by atoms with Crippen LogP contribution in [0.1, 0.15) is 71.1 Å². The SMILES string of the molecule is CCCCCCCCCCCC(=O)O.O=C(O)O.O=S(=O)(O)O. The highest BCUT2D eigenvalue weighted by atomic mass is 32.3. The fourth-order valence-corrected chi connectivity index (χ4v) is 1.59. The van der Waals surface area contributed by atoms with Gasteiger partial charge in [-0.15, -0.1) is 0 Å². The predicted molar refractivity (Wildman–Crippen MR) is 84.3 cm³/mol. The number of carboxylic acid groups (broad SMARTS) is 3. The van der Waals surface area contributed by atoms with E-state index in [2.05, 4.69) is 6.92 Å². The summed E-state index contributed by atoms with van der Waals surface area (Å²) in [5, 5.41) is 22.4. The normalized spacial score (nSPS) is 9.87. The van der Waals surface area contributed by atoms with Gasteiger partial charge in [0, 0.05) is 6.42 Å². The van der Waals surface area contributed by atoms with E-state index in [1.165, 1.54) is 44.9 Å². The lowest BCUT2D eigenvalue weighted by Crippen LogP contribution is -1.93. The zero-order valence-electron chi connectivity index (χ0n) is 13.3. The van der Waals surface area contributed by atoms with E-state index in [0.29, 0.717) is 6.42 Å². The van der Waals surface area contributed by atoms with Gasteiger partial charge in [0.05, 0.1) is 0 Å². The van der Waals surface area contributed by atoms with Crippen molar-refractivity contribution in [2.24, 2.45) is 0 Å². The minimum atomic E-state index is -4.67. The van der Waals surface area contributed by atoms with E-state index in [1.807, 2.05) is 0 Å². The van der Waals surface area contributed by atoms with Crippen molar-refractivity contribution in [2.75, 3.05) is 0 Å². The molecule has 0 spiro atoms. The summed E-state index contributed by atoms with van der Waals surface area (Å²) in [6.45, 7) is 2.23.